The van der Waals surface area contributed by atoms with Gasteiger partial charge in [-0.2, -0.15) is 0 Å². The number of hydrogen-bond acceptors (Lipinski definition) is 3. The van der Waals surface area contributed by atoms with E-state index in [4.69, 9.17) is 0 Å². The maximum atomic E-state index is 13.6. The number of carbonyl (C=O) groups is 2. The van der Waals surface area contributed by atoms with Gasteiger partial charge in [0.05, 0.1) is 17.8 Å². The Hall–Kier alpha value is -4.86. The number of rotatable bonds is 6. The van der Waals surface area contributed by atoms with Crippen LogP contribution in [0.25, 0.3) is 11.8 Å². The van der Waals surface area contributed by atoms with E-state index in [2.05, 4.69) is 10.4 Å². The van der Waals surface area contributed by atoms with Gasteiger partial charge in [0, 0.05) is 12.1 Å². The lowest BCUT2D eigenvalue weighted by atomic mass is 10.1. The number of aryl methyl sites for hydroxylation is 1. The van der Waals surface area contributed by atoms with Crippen LogP contribution in [0.3, 0.4) is 0 Å². The maximum absolute atomic E-state index is 13.6. The van der Waals surface area contributed by atoms with E-state index in [1.807, 2.05) is 19.1 Å². The second-order valence-electron chi connectivity index (χ2n) is 8.86. The van der Waals surface area contributed by atoms with Crippen LogP contribution >= 0.6 is 0 Å². The zero-order valence-corrected chi connectivity index (χ0v) is 20.1. The van der Waals surface area contributed by atoms with Gasteiger partial charge in [0.25, 0.3) is 11.5 Å². The number of benzene rings is 3. The smallest absolute Gasteiger partial charge is 0.303 e. The number of para-hydroxylation sites is 1. The van der Waals surface area contributed by atoms with E-state index in [-0.39, 0.29) is 29.8 Å². The van der Waals surface area contributed by atoms with Crippen molar-refractivity contribution in [3.05, 3.63) is 128 Å². The van der Waals surface area contributed by atoms with Gasteiger partial charge in [-0.25, -0.2) is 22.6 Å². The van der Waals surface area contributed by atoms with Gasteiger partial charge in [0.15, 0.2) is 11.6 Å². The molecule has 1 aliphatic heterocycles. The number of carbonyl (C=O) groups excluding carboxylic acids is 2. The molecule has 3 amide bonds. The van der Waals surface area contributed by atoms with Gasteiger partial charge in [0.1, 0.15) is 11.5 Å². The second-order valence-corrected chi connectivity index (χ2v) is 8.86. The van der Waals surface area contributed by atoms with Gasteiger partial charge in [-0.15, -0.1) is 0 Å². The average molecular weight is 518 g/mol. The molecular formula is C28H21F3N4O3. The molecule has 38 heavy (non-hydrogen) atoms. The van der Waals surface area contributed by atoms with Crippen LogP contribution in [-0.2, 0) is 17.8 Å². The molecule has 0 radical (unpaired) electrons. The van der Waals surface area contributed by atoms with E-state index < -0.39 is 34.9 Å². The molecule has 1 aliphatic rings. The molecule has 7 nitrogen and oxygen atoms in total. The normalized spacial score (nSPS) is 14.4. The summed E-state index contributed by atoms with van der Waals surface area (Å²) in [5.74, 6) is -3.27. The van der Waals surface area contributed by atoms with Gasteiger partial charge >= 0.3 is 6.03 Å². The van der Waals surface area contributed by atoms with Crippen molar-refractivity contribution in [3.63, 3.8) is 0 Å². The van der Waals surface area contributed by atoms with E-state index in [0.717, 1.165) is 22.6 Å². The minimum absolute atomic E-state index is 0.135. The molecule has 0 atom stereocenters. The fraction of sp³-hybridized carbons (Fsp3) is 0.107. The number of H-pyrrole nitrogens is 1. The Labute approximate surface area is 214 Å². The first kappa shape index (κ1) is 24.8. The molecule has 1 aromatic heterocycles. The van der Waals surface area contributed by atoms with E-state index in [1.54, 1.807) is 24.3 Å². The monoisotopic (exact) mass is 518 g/mol. The lowest BCUT2D eigenvalue weighted by molar-refractivity contribution is -0.123. The molecule has 0 bridgehead atoms. The number of amides is 3. The molecule has 0 saturated carbocycles. The van der Waals surface area contributed by atoms with E-state index in [0.29, 0.717) is 16.9 Å². The Morgan fingerprint density at radius 3 is 2.29 bits per heavy atom. The molecule has 4 aromatic rings. The number of halogens is 3. The molecule has 3 aromatic carbocycles. The maximum Gasteiger partial charge on any atom is 0.329 e. The number of urea groups is 1. The van der Waals surface area contributed by atoms with E-state index in [9.17, 15) is 27.6 Å². The third kappa shape index (κ3) is 4.75. The van der Waals surface area contributed by atoms with Crippen LogP contribution in [0.4, 0.5) is 18.0 Å². The van der Waals surface area contributed by atoms with Crippen molar-refractivity contribution < 1.29 is 22.8 Å². The summed E-state index contributed by atoms with van der Waals surface area (Å²) in [5.41, 5.74) is 2.33. The number of nitrogens with zero attached hydrogens (tertiary/aromatic N) is 2. The molecule has 1 saturated heterocycles. The highest BCUT2D eigenvalue weighted by Crippen LogP contribution is 2.21. The Balaban J connectivity index is 1.53. The minimum Gasteiger partial charge on any atom is -0.303 e. The zero-order chi connectivity index (χ0) is 27.0. The van der Waals surface area contributed by atoms with Crippen LogP contribution in [0, 0.1) is 24.4 Å². The third-order valence-corrected chi connectivity index (χ3v) is 6.23. The molecule has 0 spiro atoms. The van der Waals surface area contributed by atoms with Crippen LogP contribution < -0.4 is 10.9 Å². The summed E-state index contributed by atoms with van der Waals surface area (Å²) in [6.45, 7) is 1.56. The first-order chi connectivity index (χ1) is 18.2. The van der Waals surface area contributed by atoms with Crippen molar-refractivity contribution in [2.24, 2.45) is 0 Å². The summed E-state index contributed by atoms with van der Waals surface area (Å²) < 4.78 is 41.7. The lowest BCUT2D eigenvalue weighted by Gasteiger charge is -2.11. The van der Waals surface area contributed by atoms with Crippen molar-refractivity contribution in [2.75, 3.05) is 0 Å². The quantitative estimate of drug-likeness (QED) is 0.290. The summed E-state index contributed by atoms with van der Waals surface area (Å²) in [4.78, 5) is 40.0. The SMILES string of the molecule is Cc1ccccc1-n1[nH]c(Cc2ccc(F)cc2)c(C=C2NC(=O)N(Cc3ccc(F)c(F)c3)C2=O)c1=O. The highest BCUT2D eigenvalue weighted by atomic mass is 19.2. The van der Waals surface area contributed by atoms with E-state index >= 15 is 0 Å². The summed E-state index contributed by atoms with van der Waals surface area (Å²) in [6.07, 6.45) is 1.51. The Morgan fingerprint density at radius 1 is 0.868 bits per heavy atom. The molecule has 0 unspecified atom stereocenters. The highest BCUT2D eigenvalue weighted by molar-refractivity contribution is 6.13. The Morgan fingerprint density at radius 2 is 1.58 bits per heavy atom. The third-order valence-electron chi connectivity index (χ3n) is 6.23. The average Bonchev–Trinajstić information content (AvgIpc) is 3.33. The lowest BCUT2D eigenvalue weighted by Crippen LogP contribution is -2.30. The molecule has 10 heteroatoms. The standard InChI is InChI=1S/C28H21F3N4O3/c1-16-4-2-3-5-25(16)35-26(36)20(23(33-35)13-17-6-9-19(29)10-7-17)14-24-27(37)34(28(38)32-24)15-18-8-11-21(30)22(31)12-18/h2-12,14,33H,13,15H2,1H3,(H,32,38). The van der Waals surface area contributed by atoms with E-state index in [1.165, 1.54) is 29.0 Å². The van der Waals surface area contributed by atoms with Crippen LogP contribution in [0.2, 0.25) is 0 Å². The van der Waals surface area contributed by atoms with Gasteiger partial charge < -0.3 is 5.32 Å². The van der Waals surface area contributed by atoms with Crippen molar-refractivity contribution >= 4 is 18.0 Å². The van der Waals surface area contributed by atoms with Crippen molar-refractivity contribution in [2.45, 2.75) is 19.9 Å². The van der Waals surface area contributed by atoms with Crippen LogP contribution in [-0.4, -0.2) is 26.6 Å². The van der Waals surface area contributed by atoms with Gasteiger partial charge in [-0.1, -0.05) is 36.4 Å². The predicted octanol–water partition coefficient (Wildman–Crippen LogP) is 4.58. The molecule has 1 fully saturated rings. The first-order valence-corrected chi connectivity index (χ1v) is 11.6. The van der Waals surface area contributed by atoms with Gasteiger partial charge in [0.2, 0.25) is 0 Å². The number of nitrogens with one attached hydrogen (secondary N) is 2. The van der Waals surface area contributed by atoms with Gasteiger partial charge in [-0.05, 0) is 60.0 Å². The summed E-state index contributed by atoms with van der Waals surface area (Å²) >= 11 is 0. The van der Waals surface area contributed by atoms with Gasteiger partial charge in [-0.3, -0.25) is 19.6 Å². The molecule has 2 heterocycles. The second kappa shape index (κ2) is 9.89. The predicted molar refractivity (Wildman–Crippen MR) is 134 cm³/mol. The highest BCUT2D eigenvalue weighted by Gasteiger charge is 2.34. The molecule has 192 valence electrons. The number of aromatic nitrogens is 2. The topological polar surface area (TPSA) is 87.2 Å². The summed E-state index contributed by atoms with van der Waals surface area (Å²) in [7, 11) is 0. The number of imide groups is 1. The number of aromatic amines is 1. The summed E-state index contributed by atoms with van der Waals surface area (Å²) in [5, 5.41) is 5.54. The molecule has 0 aliphatic carbocycles. The first-order valence-electron chi connectivity index (χ1n) is 11.6. The summed E-state index contributed by atoms with van der Waals surface area (Å²) in [6, 6.07) is 15.3. The Bertz CT molecular complexity index is 1650. The van der Waals surface area contributed by atoms with Crippen LogP contribution in [0.15, 0.2) is 77.2 Å². The Kier molecular flexibility index (Phi) is 6.46. The van der Waals surface area contributed by atoms with Crippen molar-refractivity contribution in [3.8, 4) is 5.69 Å². The zero-order valence-electron chi connectivity index (χ0n) is 20.1. The van der Waals surface area contributed by atoms with Crippen molar-refractivity contribution in [1.82, 2.24) is 20.0 Å². The molecular weight excluding hydrogens is 497 g/mol. The molecule has 2 N–H and O–H groups in total. The number of hydrogen-bond donors (Lipinski definition) is 2. The van der Waals surface area contributed by atoms with Crippen molar-refractivity contribution in [1.29, 1.82) is 0 Å². The fourth-order valence-corrected chi connectivity index (χ4v) is 4.25. The molecule has 5 rings (SSSR count). The minimum atomic E-state index is -1.10. The largest absolute Gasteiger partial charge is 0.329 e. The fourth-order valence-electron chi connectivity index (χ4n) is 4.25. The van der Waals surface area contributed by atoms with Crippen LogP contribution in [0.5, 0.6) is 0 Å². The van der Waals surface area contributed by atoms with Crippen LogP contribution in [0.1, 0.15) is 27.9 Å².